The van der Waals surface area contributed by atoms with Crippen molar-refractivity contribution in [1.82, 2.24) is 5.32 Å². The van der Waals surface area contributed by atoms with E-state index in [0.29, 0.717) is 12.5 Å². The summed E-state index contributed by atoms with van der Waals surface area (Å²) in [5, 5.41) is 20.7. The highest BCUT2D eigenvalue weighted by Crippen LogP contribution is 2.18. The van der Waals surface area contributed by atoms with Crippen LogP contribution in [0.4, 0.5) is 0 Å². The number of aryl methyl sites for hydroxylation is 1. The molecule has 0 heterocycles. The zero-order valence-electron chi connectivity index (χ0n) is 9.36. The lowest BCUT2D eigenvalue weighted by molar-refractivity contribution is -0.0675. The van der Waals surface area contributed by atoms with Gasteiger partial charge in [-0.2, -0.15) is 0 Å². The van der Waals surface area contributed by atoms with Crippen LogP contribution in [0.2, 0.25) is 5.02 Å². The molecule has 1 aromatic carbocycles. The Morgan fingerprint density at radius 1 is 1.31 bits per heavy atom. The molecule has 1 rings (SSSR count). The molecule has 3 N–H and O–H groups in total. The largest absolute Gasteiger partial charge is 0.356 e. The third kappa shape index (κ3) is 4.94. The Bertz CT molecular complexity index is 318. The molecule has 90 valence electrons. The number of rotatable bonds is 6. The first-order valence-electron chi connectivity index (χ1n) is 5.42. The summed E-state index contributed by atoms with van der Waals surface area (Å²) in [6.07, 6.45) is 0.441. The summed E-state index contributed by atoms with van der Waals surface area (Å²) in [5.41, 5.74) is 1.14. The van der Waals surface area contributed by atoms with E-state index < -0.39 is 6.41 Å². The summed E-state index contributed by atoms with van der Waals surface area (Å²) >= 11 is 6.04. The van der Waals surface area contributed by atoms with Crippen molar-refractivity contribution in [3.63, 3.8) is 0 Å². The van der Waals surface area contributed by atoms with E-state index in [-0.39, 0.29) is 0 Å². The van der Waals surface area contributed by atoms with Gasteiger partial charge in [-0.3, -0.25) is 5.32 Å². The van der Waals surface area contributed by atoms with Gasteiger partial charge in [-0.05, 0) is 30.4 Å². The van der Waals surface area contributed by atoms with Gasteiger partial charge in [0.1, 0.15) is 0 Å². The zero-order chi connectivity index (χ0) is 12.0. The van der Waals surface area contributed by atoms with Crippen LogP contribution in [0, 0.1) is 5.92 Å². The van der Waals surface area contributed by atoms with Gasteiger partial charge >= 0.3 is 0 Å². The Kier molecular flexibility index (Phi) is 5.77. The fraction of sp³-hybridized carbons (Fsp3) is 0.500. The van der Waals surface area contributed by atoms with Crippen LogP contribution in [-0.4, -0.2) is 23.2 Å². The Morgan fingerprint density at radius 3 is 2.62 bits per heavy atom. The number of aliphatic hydroxyl groups excluding tert-OH is 1. The third-order valence-electron chi connectivity index (χ3n) is 2.51. The van der Waals surface area contributed by atoms with Crippen molar-refractivity contribution in [2.75, 3.05) is 6.54 Å². The summed E-state index contributed by atoms with van der Waals surface area (Å²) in [5.74, 6) is 0.373. The second-order valence-electron chi connectivity index (χ2n) is 4.02. The molecule has 4 heteroatoms. The van der Waals surface area contributed by atoms with Crippen LogP contribution in [0.25, 0.3) is 0 Å². The van der Waals surface area contributed by atoms with Crippen LogP contribution in [0.3, 0.4) is 0 Å². The SMILES string of the molecule is CC(CCc1ccccc1Cl)CNC(O)O. The van der Waals surface area contributed by atoms with Crippen LogP contribution >= 0.6 is 11.6 Å². The Hall–Kier alpha value is -0.610. The lowest BCUT2D eigenvalue weighted by Gasteiger charge is -2.13. The van der Waals surface area contributed by atoms with E-state index in [0.717, 1.165) is 23.4 Å². The van der Waals surface area contributed by atoms with Gasteiger partial charge < -0.3 is 10.2 Å². The van der Waals surface area contributed by atoms with E-state index in [4.69, 9.17) is 21.8 Å². The first-order valence-corrected chi connectivity index (χ1v) is 5.80. The van der Waals surface area contributed by atoms with Crippen molar-refractivity contribution >= 4 is 11.6 Å². The molecule has 0 spiro atoms. The Labute approximate surface area is 101 Å². The standard InChI is InChI=1S/C12H18ClNO2/c1-9(8-14-12(15)16)6-7-10-4-2-3-5-11(10)13/h2-5,9,12,14-16H,6-8H2,1H3. The minimum absolute atomic E-state index is 0.373. The molecular formula is C12H18ClNO2. The van der Waals surface area contributed by atoms with E-state index in [2.05, 4.69) is 12.2 Å². The maximum absolute atomic E-state index is 8.65. The normalized spacial score (nSPS) is 13.1. The summed E-state index contributed by atoms with van der Waals surface area (Å²) in [4.78, 5) is 0. The van der Waals surface area contributed by atoms with E-state index in [1.807, 2.05) is 24.3 Å². The smallest absolute Gasteiger partial charge is 0.210 e. The van der Waals surface area contributed by atoms with Crippen LogP contribution < -0.4 is 5.32 Å². The lowest BCUT2D eigenvalue weighted by Crippen LogP contribution is -2.32. The molecule has 3 nitrogen and oxygen atoms in total. The van der Waals surface area contributed by atoms with Crippen molar-refractivity contribution < 1.29 is 10.2 Å². The summed E-state index contributed by atoms with van der Waals surface area (Å²) in [6.45, 7) is 2.65. The molecule has 0 aromatic heterocycles. The van der Waals surface area contributed by atoms with Gasteiger partial charge in [-0.1, -0.05) is 36.7 Å². The van der Waals surface area contributed by atoms with E-state index in [9.17, 15) is 0 Å². The van der Waals surface area contributed by atoms with Gasteiger partial charge in [0, 0.05) is 11.6 Å². The quantitative estimate of drug-likeness (QED) is 0.668. The molecule has 1 atom stereocenters. The van der Waals surface area contributed by atoms with Gasteiger partial charge in [0.15, 0.2) is 0 Å². The van der Waals surface area contributed by atoms with Gasteiger partial charge in [0.05, 0.1) is 0 Å². The number of hydrogen-bond acceptors (Lipinski definition) is 3. The number of aliphatic hydroxyl groups is 2. The van der Waals surface area contributed by atoms with Crippen molar-refractivity contribution in [2.45, 2.75) is 26.2 Å². The second-order valence-corrected chi connectivity index (χ2v) is 4.42. The van der Waals surface area contributed by atoms with E-state index >= 15 is 0 Å². The fourth-order valence-corrected chi connectivity index (χ4v) is 1.74. The molecule has 0 bridgehead atoms. The van der Waals surface area contributed by atoms with Crippen LogP contribution in [-0.2, 0) is 6.42 Å². The summed E-state index contributed by atoms with van der Waals surface area (Å²) in [6, 6.07) is 7.79. The molecule has 0 saturated heterocycles. The van der Waals surface area contributed by atoms with Crippen molar-refractivity contribution in [3.8, 4) is 0 Å². The van der Waals surface area contributed by atoms with E-state index in [1.54, 1.807) is 0 Å². The first kappa shape index (κ1) is 13.5. The van der Waals surface area contributed by atoms with Crippen molar-refractivity contribution in [2.24, 2.45) is 5.92 Å². The minimum atomic E-state index is -1.43. The number of benzene rings is 1. The molecule has 1 unspecified atom stereocenters. The second kappa shape index (κ2) is 6.86. The molecule has 0 saturated carbocycles. The Balaban J connectivity index is 2.31. The zero-order valence-corrected chi connectivity index (χ0v) is 10.1. The van der Waals surface area contributed by atoms with Crippen molar-refractivity contribution in [1.29, 1.82) is 0 Å². The molecule has 0 fully saturated rings. The molecule has 0 radical (unpaired) electrons. The Morgan fingerprint density at radius 2 is 2.00 bits per heavy atom. The third-order valence-corrected chi connectivity index (χ3v) is 2.88. The molecule has 16 heavy (non-hydrogen) atoms. The molecule has 1 aromatic rings. The fourth-order valence-electron chi connectivity index (χ4n) is 1.51. The topological polar surface area (TPSA) is 52.5 Å². The highest BCUT2D eigenvalue weighted by molar-refractivity contribution is 6.31. The number of halogens is 1. The average Bonchev–Trinajstić information content (AvgIpc) is 2.25. The van der Waals surface area contributed by atoms with Gasteiger partial charge in [-0.15, -0.1) is 0 Å². The van der Waals surface area contributed by atoms with Crippen molar-refractivity contribution in [3.05, 3.63) is 34.9 Å². The summed E-state index contributed by atoms with van der Waals surface area (Å²) < 4.78 is 0. The van der Waals surface area contributed by atoms with Gasteiger partial charge in [0.2, 0.25) is 6.41 Å². The van der Waals surface area contributed by atoms with Gasteiger partial charge in [-0.25, -0.2) is 0 Å². The first-order chi connectivity index (χ1) is 7.59. The van der Waals surface area contributed by atoms with E-state index in [1.165, 1.54) is 0 Å². The maximum atomic E-state index is 8.65. The lowest BCUT2D eigenvalue weighted by atomic mass is 10.0. The molecule has 0 amide bonds. The van der Waals surface area contributed by atoms with Crippen LogP contribution in [0.15, 0.2) is 24.3 Å². The van der Waals surface area contributed by atoms with Gasteiger partial charge in [0.25, 0.3) is 0 Å². The monoisotopic (exact) mass is 243 g/mol. The highest BCUT2D eigenvalue weighted by Gasteiger charge is 2.06. The number of nitrogens with one attached hydrogen (secondary N) is 1. The van der Waals surface area contributed by atoms with Crippen LogP contribution in [0.1, 0.15) is 18.9 Å². The predicted molar refractivity (Wildman–Crippen MR) is 65.2 cm³/mol. The molecule has 0 aliphatic carbocycles. The minimum Gasteiger partial charge on any atom is -0.356 e. The molecule has 0 aliphatic rings. The van der Waals surface area contributed by atoms with Crippen LogP contribution in [0.5, 0.6) is 0 Å². The molecule has 0 aliphatic heterocycles. The average molecular weight is 244 g/mol. The maximum Gasteiger partial charge on any atom is 0.210 e. The summed E-state index contributed by atoms with van der Waals surface area (Å²) in [7, 11) is 0. The number of hydrogen-bond donors (Lipinski definition) is 3. The molecular weight excluding hydrogens is 226 g/mol. The predicted octanol–water partition coefficient (Wildman–Crippen LogP) is 1.77. The highest BCUT2D eigenvalue weighted by atomic mass is 35.5.